The van der Waals surface area contributed by atoms with Gasteiger partial charge in [0.15, 0.2) is 11.5 Å². The van der Waals surface area contributed by atoms with Crippen LogP contribution < -0.4 is 18.9 Å². The van der Waals surface area contributed by atoms with Gasteiger partial charge >= 0.3 is 0 Å². The van der Waals surface area contributed by atoms with E-state index in [1.54, 1.807) is 0 Å². The minimum Gasteiger partial charge on any atom is -0.493 e. The fourth-order valence-electron chi connectivity index (χ4n) is 2.11. The number of halogens is 2. The predicted octanol–water partition coefficient (Wildman–Crippen LogP) is 3.29. The molecule has 0 radical (unpaired) electrons. The molecule has 0 amide bonds. The van der Waals surface area contributed by atoms with Gasteiger partial charge < -0.3 is 9.47 Å². The van der Waals surface area contributed by atoms with Crippen LogP contribution in [-0.4, -0.2) is 37.3 Å². The van der Waals surface area contributed by atoms with Crippen molar-refractivity contribution in [3.05, 3.63) is 39.8 Å². The lowest BCUT2D eigenvalue weighted by molar-refractivity contribution is 0.353. The molecule has 2 rings (SSSR count). The smallest absolute Gasteiger partial charge is 0.263 e. The van der Waals surface area contributed by atoms with Crippen molar-refractivity contribution in [1.82, 2.24) is 0 Å². The van der Waals surface area contributed by atoms with Gasteiger partial charge in [0.1, 0.15) is 4.90 Å². The van der Waals surface area contributed by atoms with Crippen LogP contribution in [0.2, 0.25) is 5.02 Å². The standard InChI is InChI=1S/C15H16BrClN2O6S2/c1-24-13-7-10(16)15(8-14(13)25-2)27(22,23)18-9-4-5-12(11(17)6-9)19-26(3,20)21/h4-8,18-19H,1-3H3. The number of benzene rings is 2. The van der Waals surface area contributed by atoms with Crippen molar-refractivity contribution in [2.75, 3.05) is 29.9 Å². The highest BCUT2D eigenvalue weighted by molar-refractivity contribution is 9.10. The average molecular weight is 500 g/mol. The van der Waals surface area contributed by atoms with Gasteiger partial charge in [-0.15, -0.1) is 0 Å². The Bertz CT molecular complexity index is 1070. The molecule has 0 fully saturated rings. The van der Waals surface area contributed by atoms with Gasteiger partial charge in [0, 0.05) is 10.5 Å². The predicted molar refractivity (Wildman–Crippen MR) is 108 cm³/mol. The number of hydrogen-bond acceptors (Lipinski definition) is 6. The Balaban J connectivity index is 2.38. The van der Waals surface area contributed by atoms with Crippen molar-refractivity contribution in [3.8, 4) is 11.5 Å². The first kappa shape index (κ1) is 21.6. The first-order chi connectivity index (χ1) is 12.5. The van der Waals surface area contributed by atoms with Crippen LogP contribution >= 0.6 is 27.5 Å². The van der Waals surface area contributed by atoms with Gasteiger partial charge in [0.2, 0.25) is 10.0 Å². The third-order valence-electron chi connectivity index (χ3n) is 3.24. The fraction of sp³-hybridized carbons (Fsp3) is 0.200. The summed E-state index contributed by atoms with van der Waals surface area (Å²) in [6.07, 6.45) is 0.981. The lowest BCUT2D eigenvalue weighted by Gasteiger charge is -2.14. The van der Waals surface area contributed by atoms with Crippen LogP contribution in [0.5, 0.6) is 11.5 Å². The molecule has 0 aliphatic rings. The van der Waals surface area contributed by atoms with E-state index in [2.05, 4.69) is 25.4 Å². The summed E-state index contributed by atoms with van der Waals surface area (Å²) in [6.45, 7) is 0. The minimum absolute atomic E-state index is 0.0343. The molecule has 0 aliphatic heterocycles. The van der Waals surface area contributed by atoms with E-state index in [0.29, 0.717) is 5.75 Å². The van der Waals surface area contributed by atoms with Gasteiger partial charge in [-0.1, -0.05) is 11.6 Å². The van der Waals surface area contributed by atoms with Crippen LogP contribution in [0.1, 0.15) is 0 Å². The second-order valence-electron chi connectivity index (χ2n) is 5.31. The highest BCUT2D eigenvalue weighted by Crippen LogP contribution is 2.36. The number of rotatable bonds is 7. The van der Waals surface area contributed by atoms with Gasteiger partial charge in [-0.2, -0.15) is 0 Å². The van der Waals surface area contributed by atoms with E-state index in [-0.39, 0.29) is 31.5 Å². The maximum absolute atomic E-state index is 12.7. The molecule has 2 N–H and O–H groups in total. The SMILES string of the molecule is COc1cc(Br)c(S(=O)(=O)Nc2ccc(NS(C)(=O)=O)c(Cl)c2)cc1OC. The summed E-state index contributed by atoms with van der Waals surface area (Å²) < 4.78 is 63.2. The van der Waals surface area contributed by atoms with Crippen LogP contribution in [0, 0.1) is 0 Å². The van der Waals surface area contributed by atoms with E-state index < -0.39 is 20.0 Å². The summed E-state index contributed by atoms with van der Waals surface area (Å²) in [5.74, 6) is 0.606. The van der Waals surface area contributed by atoms with E-state index >= 15 is 0 Å². The number of hydrogen-bond donors (Lipinski definition) is 2. The summed E-state index contributed by atoms with van der Waals surface area (Å²) in [5, 5.41) is 0.0343. The monoisotopic (exact) mass is 498 g/mol. The first-order valence-electron chi connectivity index (χ1n) is 7.18. The highest BCUT2D eigenvalue weighted by Gasteiger charge is 2.22. The van der Waals surface area contributed by atoms with Crippen molar-refractivity contribution in [2.24, 2.45) is 0 Å². The Morgan fingerprint density at radius 2 is 1.56 bits per heavy atom. The normalized spacial score (nSPS) is 11.7. The molecule has 0 aliphatic carbocycles. The van der Waals surface area contributed by atoms with Crippen LogP contribution in [-0.2, 0) is 20.0 Å². The largest absolute Gasteiger partial charge is 0.493 e. The molecular formula is C15H16BrClN2O6S2. The van der Waals surface area contributed by atoms with E-state index in [9.17, 15) is 16.8 Å². The molecule has 148 valence electrons. The first-order valence-corrected chi connectivity index (χ1v) is 11.7. The molecular weight excluding hydrogens is 484 g/mol. The zero-order valence-corrected chi connectivity index (χ0v) is 18.4. The molecule has 0 heterocycles. The highest BCUT2D eigenvalue weighted by atomic mass is 79.9. The third-order valence-corrected chi connectivity index (χ3v) is 6.49. The Labute approximate surface area is 171 Å². The van der Waals surface area contributed by atoms with E-state index in [1.807, 2.05) is 0 Å². The van der Waals surface area contributed by atoms with Crippen LogP contribution in [0.3, 0.4) is 0 Å². The Kier molecular flexibility index (Phi) is 6.51. The lowest BCUT2D eigenvalue weighted by atomic mass is 10.3. The van der Waals surface area contributed by atoms with Crippen LogP contribution in [0.4, 0.5) is 11.4 Å². The quantitative estimate of drug-likeness (QED) is 0.605. The van der Waals surface area contributed by atoms with Gasteiger partial charge in [0.05, 0.1) is 36.9 Å². The zero-order valence-electron chi connectivity index (χ0n) is 14.4. The van der Waals surface area contributed by atoms with E-state index in [0.717, 1.165) is 6.26 Å². The zero-order chi connectivity index (χ0) is 20.4. The summed E-state index contributed by atoms with van der Waals surface area (Å²) in [6, 6.07) is 6.81. The summed E-state index contributed by atoms with van der Waals surface area (Å²) in [5.41, 5.74) is 0.287. The number of nitrogens with one attached hydrogen (secondary N) is 2. The van der Waals surface area contributed by atoms with Crippen molar-refractivity contribution >= 4 is 59.0 Å². The molecule has 27 heavy (non-hydrogen) atoms. The molecule has 2 aromatic rings. The van der Waals surface area contributed by atoms with Gasteiger partial charge in [-0.05, 0) is 40.2 Å². The van der Waals surface area contributed by atoms with Gasteiger partial charge in [0.25, 0.3) is 10.0 Å². The summed E-state index contributed by atoms with van der Waals surface area (Å²) in [4.78, 5) is -0.0744. The Morgan fingerprint density at radius 1 is 0.963 bits per heavy atom. The summed E-state index contributed by atoms with van der Waals surface area (Å²) in [7, 11) is -4.68. The Morgan fingerprint density at radius 3 is 2.07 bits per heavy atom. The molecule has 0 spiro atoms. The van der Waals surface area contributed by atoms with Crippen molar-refractivity contribution < 1.29 is 26.3 Å². The minimum atomic E-state index is -4.00. The average Bonchev–Trinajstić information content (AvgIpc) is 2.55. The summed E-state index contributed by atoms with van der Waals surface area (Å²) >= 11 is 9.22. The second kappa shape index (κ2) is 8.13. The molecule has 0 aromatic heterocycles. The van der Waals surface area contributed by atoms with Gasteiger partial charge in [-0.25, -0.2) is 16.8 Å². The lowest BCUT2D eigenvalue weighted by Crippen LogP contribution is -2.14. The molecule has 0 bridgehead atoms. The van der Waals surface area contributed by atoms with Gasteiger partial charge in [-0.3, -0.25) is 9.44 Å². The third kappa shape index (κ3) is 5.41. The number of anilines is 2. The Hall–Kier alpha value is -1.69. The molecule has 0 saturated carbocycles. The number of methoxy groups -OCH3 is 2. The molecule has 12 heteroatoms. The molecule has 0 atom stereocenters. The molecule has 2 aromatic carbocycles. The van der Waals surface area contributed by atoms with Crippen molar-refractivity contribution in [1.29, 1.82) is 0 Å². The van der Waals surface area contributed by atoms with E-state index in [4.69, 9.17) is 21.1 Å². The number of ether oxygens (including phenoxy) is 2. The van der Waals surface area contributed by atoms with Crippen molar-refractivity contribution in [3.63, 3.8) is 0 Å². The van der Waals surface area contributed by atoms with E-state index in [1.165, 1.54) is 44.6 Å². The maximum Gasteiger partial charge on any atom is 0.263 e. The topological polar surface area (TPSA) is 111 Å². The maximum atomic E-state index is 12.7. The fourth-order valence-corrected chi connectivity index (χ4v) is 5.06. The molecule has 0 unspecified atom stereocenters. The molecule has 0 saturated heterocycles. The van der Waals surface area contributed by atoms with Crippen LogP contribution in [0.15, 0.2) is 39.7 Å². The van der Waals surface area contributed by atoms with Crippen molar-refractivity contribution in [2.45, 2.75) is 4.90 Å². The second-order valence-corrected chi connectivity index (χ2v) is 9.97. The number of sulfonamides is 2. The molecule has 8 nitrogen and oxygen atoms in total. The van der Waals surface area contributed by atoms with Crippen LogP contribution in [0.25, 0.3) is 0 Å².